The molecule has 0 aromatic heterocycles. The zero-order chi connectivity index (χ0) is 21.2. The van der Waals surface area contributed by atoms with Gasteiger partial charge in [-0.25, -0.2) is 0 Å². The van der Waals surface area contributed by atoms with Gasteiger partial charge in [0.05, 0.1) is 13.2 Å². The molecule has 1 amide bonds. The van der Waals surface area contributed by atoms with Crippen molar-refractivity contribution in [2.75, 3.05) is 39.6 Å². The molecule has 162 valence electrons. The van der Waals surface area contributed by atoms with Crippen molar-refractivity contribution in [3.63, 3.8) is 0 Å². The van der Waals surface area contributed by atoms with Crippen LogP contribution in [0.3, 0.4) is 0 Å². The highest BCUT2D eigenvalue weighted by atomic mass is 16.5. The molecular weight excluding hydrogens is 382 g/mol. The maximum Gasteiger partial charge on any atom is 0.257 e. The fourth-order valence-electron chi connectivity index (χ4n) is 3.71. The molecule has 0 atom stereocenters. The Balaban J connectivity index is 1.61. The van der Waals surface area contributed by atoms with Crippen LogP contribution in [-0.4, -0.2) is 45.5 Å². The van der Waals surface area contributed by atoms with E-state index in [0.717, 1.165) is 18.6 Å². The van der Waals surface area contributed by atoms with Gasteiger partial charge in [-0.1, -0.05) is 24.3 Å². The molecule has 30 heavy (non-hydrogen) atoms. The van der Waals surface area contributed by atoms with Crippen LogP contribution < -0.4 is 19.5 Å². The minimum Gasteiger partial charge on any atom is -0.494 e. The smallest absolute Gasteiger partial charge is 0.257 e. The van der Waals surface area contributed by atoms with Gasteiger partial charge in [0.25, 0.3) is 5.91 Å². The lowest BCUT2D eigenvalue weighted by molar-refractivity contribution is -0.123. The molecule has 6 heteroatoms. The molecule has 0 bridgehead atoms. The van der Waals surface area contributed by atoms with E-state index in [-0.39, 0.29) is 17.9 Å². The SMILES string of the molecule is CCOc1ccc(C2(CNC(=O)COc3ccccc3OCC)CCOCC2)cc1. The summed E-state index contributed by atoms with van der Waals surface area (Å²) in [4.78, 5) is 12.5. The summed E-state index contributed by atoms with van der Waals surface area (Å²) >= 11 is 0. The van der Waals surface area contributed by atoms with E-state index in [0.29, 0.717) is 44.5 Å². The Morgan fingerprint density at radius 3 is 2.20 bits per heavy atom. The Morgan fingerprint density at radius 2 is 1.57 bits per heavy atom. The second-order valence-electron chi connectivity index (χ2n) is 7.30. The number of carbonyl (C=O) groups excluding carboxylic acids is 1. The summed E-state index contributed by atoms with van der Waals surface area (Å²) in [5.41, 5.74) is 1.04. The third kappa shape index (κ3) is 5.66. The summed E-state index contributed by atoms with van der Waals surface area (Å²) in [6.07, 6.45) is 1.71. The van der Waals surface area contributed by atoms with E-state index in [2.05, 4.69) is 17.4 Å². The number of rotatable bonds is 10. The molecule has 1 aliphatic heterocycles. The minimum atomic E-state index is -0.155. The molecule has 0 unspecified atom stereocenters. The highest BCUT2D eigenvalue weighted by Crippen LogP contribution is 2.35. The van der Waals surface area contributed by atoms with Gasteiger partial charge in [0.15, 0.2) is 18.1 Å². The minimum absolute atomic E-state index is 0.0556. The van der Waals surface area contributed by atoms with Crippen LogP contribution in [0.5, 0.6) is 17.2 Å². The first-order chi connectivity index (χ1) is 14.7. The number of nitrogens with one attached hydrogen (secondary N) is 1. The van der Waals surface area contributed by atoms with Crippen LogP contribution in [0.15, 0.2) is 48.5 Å². The number of para-hydroxylation sites is 2. The highest BCUT2D eigenvalue weighted by Gasteiger charge is 2.35. The van der Waals surface area contributed by atoms with E-state index in [1.54, 1.807) is 6.07 Å². The first kappa shape index (κ1) is 22.0. The van der Waals surface area contributed by atoms with Crippen LogP contribution in [0.25, 0.3) is 0 Å². The number of carbonyl (C=O) groups is 1. The number of benzene rings is 2. The molecule has 1 N–H and O–H groups in total. The van der Waals surface area contributed by atoms with Gasteiger partial charge >= 0.3 is 0 Å². The third-order valence-corrected chi connectivity index (χ3v) is 5.36. The van der Waals surface area contributed by atoms with Gasteiger partial charge in [-0.2, -0.15) is 0 Å². The standard InChI is InChI=1S/C24H31NO5/c1-3-28-20-11-9-19(10-12-20)24(13-15-27-16-14-24)18-25-23(26)17-30-22-8-6-5-7-21(22)29-4-2/h5-12H,3-4,13-18H2,1-2H3,(H,25,26). The van der Waals surface area contributed by atoms with Crippen LogP contribution in [0.1, 0.15) is 32.3 Å². The quantitative estimate of drug-likeness (QED) is 0.643. The summed E-state index contributed by atoms with van der Waals surface area (Å²) in [6, 6.07) is 15.5. The molecular formula is C24H31NO5. The second kappa shape index (κ2) is 10.9. The van der Waals surface area contributed by atoms with Gasteiger partial charge in [0.1, 0.15) is 5.75 Å². The van der Waals surface area contributed by atoms with Crippen LogP contribution in [0, 0.1) is 0 Å². The molecule has 1 aliphatic rings. The monoisotopic (exact) mass is 413 g/mol. The maximum absolute atomic E-state index is 12.5. The molecule has 1 saturated heterocycles. The Kier molecular flexibility index (Phi) is 7.97. The van der Waals surface area contributed by atoms with E-state index in [9.17, 15) is 4.79 Å². The van der Waals surface area contributed by atoms with Crippen molar-refractivity contribution in [1.29, 1.82) is 0 Å². The normalized spacial score (nSPS) is 15.3. The Labute approximate surface area is 178 Å². The van der Waals surface area contributed by atoms with Crippen molar-refractivity contribution < 1.29 is 23.7 Å². The first-order valence-electron chi connectivity index (χ1n) is 10.6. The van der Waals surface area contributed by atoms with Crippen molar-refractivity contribution in [3.8, 4) is 17.2 Å². The lowest BCUT2D eigenvalue weighted by Crippen LogP contribution is -2.45. The Hall–Kier alpha value is -2.73. The first-order valence-corrected chi connectivity index (χ1v) is 10.6. The zero-order valence-electron chi connectivity index (χ0n) is 17.8. The predicted octanol–water partition coefficient (Wildman–Crippen LogP) is 3.73. The summed E-state index contributed by atoms with van der Waals surface area (Å²) < 4.78 is 22.4. The molecule has 0 saturated carbocycles. The topological polar surface area (TPSA) is 66.0 Å². The molecule has 2 aromatic carbocycles. The second-order valence-corrected chi connectivity index (χ2v) is 7.30. The van der Waals surface area contributed by atoms with E-state index in [1.165, 1.54) is 5.56 Å². The van der Waals surface area contributed by atoms with Crippen molar-refractivity contribution >= 4 is 5.91 Å². The molecule has 1 fully saturated rings. The average molecular weight is 414 g/mol. The third-order valence-electron chi connectivity index (χ3n) is 5.36. The van der Waals surface area contributed by atoms with E-state index in [4.69, 9.17) is 18.9 Å². The van der Waals surface area contributed by atoms with Gasteiger partial charge in [-0.3, -0.25) is 4.79 Å². The van der Waals surface area contributed by atoms with Crippen molar-refractivity contribution in [1.82, 2.24) is 5.32 Å². The molecule has 0 aliphatic carbocycles. The average Bonchev–Trinajstić information content (AvgIpc) is 2.79. The van der Waals surface area contributed by atoms with E-state index >= 15 is 0 Å². The van der Waals surface area contributed by atoms with Gasteiger partial charge in [-0.05, 0) is 56.5 Å². The van der Waals surface area contributed by atoms with Gasteiger partial charge < -0.3 is 24.3 Å². The fraction of sp³-hybridized carbons (Fsp3) is 0.458. The largest absolute Gasteiger partial charge is 0.494 e. The summed E-state index contributed by atoms with van der Waals surface area (Å²) in [6.45, 7) is 6.91. The lowest BCUT2D eigenvalue weighted by atomic mass is 9.74. The maximum atomic E-state index is 12.5. The number of hydrogen-bond donors (Lipinski definition) is 1. The van der Waals surface area contributed by atoms with Crippen molar-refractivity contribution in [3.05, 3.63) is 54.1 Å². The lowest BCUT2D eigenvalue weighted by Gasteiger charge is -2.38. The molecule has 0 radical (unpaired) electrons. The number of amides is 1. The van der Waals surface area contributed by atoms with E-state index < -0.39 is 0 Å². The Morgan fingerprint density at radius 1 is 0.933 bits per heavy atom. The van der Waals surface area contributed by atoms with E-state index in [1.807, 2.05) is 44.2 Å². The summed E-state index contributed by atoms with van der Waals surface area (Å²) in [5, 5.41) is 3.06. The highest BCUT2D eigenvalue weighted by molar-refractivity contribution is 5.77. The zero-order valence-corrected chi connectivity index (χ0v) is 17.8. The molecule has 6 nitrogen and oxygen atoms in total. The summed E-state index contributed by atoms with van der Waals surface area (Å²) in [7, 11) is 0. The fourth-order valence-corrected chi connectivity index (χ4v) is 3.71. The van der Waals surface area contributed by atoms with Gasteiger partial charge in [-0.15, -0.1) is 0 Å². The number of ether oxygens (including phenoxy) is 4. The molecule has 1 heterocycles. The predicted molar refractivity (Wildman–Crippen MR) is 115 cm³/mol. The van der Waals surface area contributed by atoms with Crippen molar-refractivity contribution in [2.24, 2.45) is 0 Å². The van der Waals surface area contributed by atoms with Gasteiger partial charge in [0, 0.05) is 25.2 Å². The van der Waals surface area contributed by atoms with Gasteiger partial charge in [0.2, 0.25) is 0 Å². The van der Waals surface area contributed by atoms with Crippen LogP contribution in [0.4, 0.5) is 0 Å². The molecule has 2 aromatic rings. The molecule has 3 rings (SSSR count). The van der Waals surface area contributed by atoms with Crippen molar-refractivity contribution in [2.45, 2.75) is 32.1 Å². The Bertz CT molecular complexity index is 799. The number of hydrogen-bond acceptors (Lipinski definition) is 5. The van der Waals surface area contributed by atoms with Crippen LogP contribution >= 0.6 is 0 Å². The van der Waals surface area contributed by atoms with Crippen LogP contribution in [0.2, 0.25) is 0 Å². The molecule has 0 spiro atoms. The van der Waals surface area contributed by atoms with Crippen LogP contribution in [-0.2, 0) is 14.9 Å². The summed E-state index contributed by atoms with van der Waals surface area (Å²) in [5.74, 6) is 1.91.